The van der Waals surface area contributed by atoms with Crippen LogP contribution in [0, 0.1) is 0 Å². The number of aliphatic hydroxyl groups excluding tert-OH is 1. The number of benzene rings is 1. The summed E-state index contributed by atoms with van der Waals surface area (Å²) in [5.74, 6) is -1.23. The lowest BCUT2D eigenvalue weighted by atomic mass is 9.99. The van der Waals surface area contributed by atoms with Crippen molar-refractivity contribution in [3.63, 3.8) is 0 Å². The molecule has 1 amide bonds. The van der Waals surface area contributed by atoms with Crippen molar-refractivity contribution in [3.8, 4) is 5.75 Å². The number of likely N-dealkylation sites (N-methyl/N-ethyl adjacent to an activating group) is 1. The molecule has 2 heterocycles. The number of ether oxygens (including phenoxy) is 1. The van der Waals surface area contributed by atoms with Gasteiger partial charge in [0.2, 0.25) is 0 Å². The summed E-state index contributed by atoms with van der Waals surface area (Å²) in [7, 11) is 1.42. The van der Waals surface area contributed by atoms with Crippen LogP contribution in [-0.2, 0) is 9.59 Å². The highest BCUT2D eigenvalue weighted by molar-refractivity contribution is 6.46. The Morgan fingerprint density at radius 3 is 2.39 bits per heavy atom. The van der Waals surface area contributed by atoms with Crippen molar-refractivity contribution in [2.24, 2.45) is 0 Å². The van der Waals surface area contributed by atoms with Crippen LogP contribution >= 0.6 is 23.2 Å². The van der Waals surface area contributed by atoms with Gasteiger partial charge in [0, 0.05) is 18.7 Å². The van der Waals surface area contributed by atoms with Gasteiger partial charge in [-0.25, -0.2) is 0 Å². The fourth-order valence-corrected chi connectivity index (χ4v) is 4.33. The molecule has 2 aromatic rings. The summed E-state index contributed by atoms with van der Waals surface area (Å²) in [6, 6.07) is 5.35. The van der Waals surface area contributed by atoms with Crippen LogP contribution in [0.3, 0.4) is 0 Å². The highest BCUT2D eigenvalue weighted by Gasteiger charge is 2.47. The van der Waals surface area contributed by atoms with Gasteiger partial charge in [0.15, 0.2) is 5.75 Å². The summed E-state index contributed by atoms with van der Waals surface area (Å²) in [6.45, 7) is 6.57. The third-order valence-electron chi connectivity index (χ3n) is 5.38. The number of likely N-dealkylation sites (tertiary alicyclic amines) is 1. The first kappa shape index (κ1) is 23.2. The van der Waals surface area contributed by atoms with E-state index in [0.29, 0.717) is 18.8 Å². The van der Waals surface area contributed by atoms with Gasteiger partial charge in [-0.05, 0) is 37.4 Å². The summed E-state index contributed by atoms with van der Waals surface area (Å²) in [5.41, 5.74) is 0.130. The number of amides is 1. The molecule has 1 aromatic carbocycles. The van der Waals surface area contributed by atoms with Gasteiger partial charge in [-0.3, -0.25) is 9.59 Å². The summed E-state index contributed by atoms with van der Waals surface area (Å²) in [4.78, 5) is 29.4. The van der Waals surface area contributed by atoms with E-state index in [1.165, 1.54) is 30.4 Å². The second kappa shape index (κ2) is 9.77. The SMILES string of the molecule is CCN(CC)CCN1C(=O)C(=O)/C(=C(\O)c2cc(Cl)c(OC)c(Cl)c2)C1c1ccco1. The van der Waals surface area contributed by atoms with E-state index in [-0.39, 0.29) is 32.7 Å². The van der Waals surface area contributed by atoms with Gasteiger partial charge in [-0.2, -0.15) is 0 Å². The molecule has 1 aromatic heterocycles. The Labute approximate surface area is 190 Å². The molecule has 1 N–H and O–H groups in total. The van der Waals surface area contributed by atoms with Gasteiger partial charge in [-0.1, -0.05) is 37.0 Å². The molecular weight excluding hydrogens is 443 g/mol. The molecule has 0 saturated carbocycles. The number of ketones is 1. The fourth-order valence-electron chi connectivity index (χ4n) is 3.69. The molecule has 0 bridgehead atoms. The molecule has 9 heteroatoms. The largest absolute Gasteiger partial charge is 0.507 e. The highest BCUT2D eigenvalue weighted by atomic mass is 35.5. The summed E-state index contributed by atoms with van der Waals surface area (Å²) >= 11 is 12.4. The number of carbonyl (C=O) groups excluding carboxylic acids is 2. The van der Waals surface area contributed by atoms with E-state index in [1.807, 2.05) is 13.8 Å². The third-order valence-corrected chi connectivity index (χ3v) is 5.94. The maximum Gasteiger partial charge on any atom is 0.295 e. The van der Waals surface area contributed by atoms with Crippen LogP contribution in [0.15, 0.2) is 40.5 Å². The molecule has 7 nitrogen and oxygen atoms in total. The van der Waals surface area contributed by atoms with Gasteiger partial charge >= 0.3 is 0 Å². The molecular formula is C22H24Cl2N2O5. The molecule has 1 saturated heterocycles. The molecule has 1 unspecified atom stereocenters. The lowest BCUT2D eigenvalue weighted by Gasteiger charge is -2.26. The van der Waals surface area contributed by atoms with Crippen LogP contribution in [0.2, 0.25) is 10.0 Å². The average Bonchev–Trinajstić information content (AvgIpc) is 3.36. The van der Waals surface area contributed by atoms with Gasteiger partial charge in [-0.15, -0.1) is 0 Å². The normalized spacial score (nSPS) is 18.3. The van der Waals surface area contributed by atoms with E-state index in [2.05, 4.69) is 4.90 Å². The van der Waals surface area contributed by atoms with Crippen molar-refractivity contribution in [2.75, 3.05) is 33.3 Å². The predicted molar refractivity (Wildman–Crippen MR) is 119 cm³/mol. The Morgan fingerprint density at radius 1 is 1.23 bits per heavy atom. The zero-order valence-corrected chi connectivity index (χ0v) is 19.0. The minimum atomic E-state index is -0.856. The van der Waals surface area contributed by atoms with Crippen LogP contribution in [0.25, 0.3) is 5.76 Å². The number of Topliss-reactive ketones (excluding diaryl/α,β-unsaturated/α-hetero) is 1. The quantitative estimate of drug-likeness (QED) is 0.353. The van der Waals surface area contributed by atoms with Crippen LogP contribution in [0.1, 0.15) is 31.2 Å². The van der Waals surface area contributed by atoms with Crippen LogP contribution in [-0.4, -0.2) is 59.9 Å². The van der Waals surface area contributed by atoms with Gasteiger partial charge < -0.3 is 24.1 Å². The van der Waals surface area contributed by atoms with Gasteiger partial charge in [0.05, 0.1) is 29.0 Å². The molecule has 31 heavy (non-hydrogen) atoms. The molecule has 0 aliphatic carbocycles. The van der Waals surface area contributed by atoms with E-state index < -0.39 is 17.7 Å². The first-order valence-corrected chi connectivity index (χ1v) is 10.7. The van der Waals surface area contributed by atoms with Crippen molar-refractivity contribution < 1.29 is 23.8 Å². The second-order valence-electron chi connectivity index (χ2n) is 7.01. The van der Waals surface area contributed by atoms with E-state index in [9.17, 15) is 14.7 Å². The van der Waals surface area contributed by atoms with Crippen LogP contribution in [0.4, 0.5) is 0 Å². The number of carbonyl (C=O) groups is 2. The molecule has 166 valence electrons. The van der Waals surface area contributed by atoms with Crippen molar-refractivity contribution in [1.29, 1.82) is 0 Å². The molecule has 0 spiro atoms. The predicted octanol–water partition coefficient (Wildman–Crippen LogP) is 4.36. The molecule has 1 aliphatic rings. The number of hydrogen-bond donors (Lipinski definition) is 1. The Hall–Kier alpha value is -2.48. The molecule has 1 fully saturated rings. The van der Waals surface area contributed by atoms with Crippen LogP contribution in [0.5, 0.6) is 5.75 Å². The van der Waals surface area contributed by atoms with Crippen molar-refractivity contribution in [1.82, 2.24) is 9.80 Å². The Morgan fingerprint density at radius 2 is 1.87 bits per heavy atom. The molecule has 1 aliphatic heterocycles. The maximum absolute atomic E-state index is 13.0. The average molecular weight is 467 g/mol. The Balaban J connectivity index is 2.09. The standard InChI is InChI=1S/C22H24Cl2N2O5/c1-4-25(5-2)8-9-26-18(16-7-6-10-31-16)17(20(28)22(26)29)19(27)13-11-14(23)21(30-3)15(24)12-13/h6-7,10-12,18,27H,4-5,8-9H2,1-3H3/b19-17-. The van der Waals surface area contributed by atoms with Crippen LogP contribution < -0.4 is 4.74 Å². The van der Waals surface area contributed by atoms with E-state index in [4.69, 9.17) is 32.4 Å². The van der Waals surface area contributed by atoms with E-state index >= 15 is 0 Å². The number of methoxy groups -OCH3 is 1. The lowest BCUT2D eigenvalue weighted by molar-refractivity contribution is -0.140. The van der Waals surface area contributed by atoms with Gasteiger partial charge in [0.25, 0.3) is 11.7 Å². The number of halogens is 2. The number of nitrogens with zero attached hydrogens (tertiary/aromatic N) is 2. The number of rotatable bonds is 8. The zero-order valence-electron chi connectivity index (χ0n) is 17.5. The van der Waals surface area contributed by atoms with Crippen molar-refractivity contribution in [3.05, 3.63) is 57.5 Å². The molecule has 1 atom stereocenters. The molecule has 3 rings (SSSR count). The monoisotopic (exact) mass is 466 g/mol. The second-order valence-corrected chi connectivity index (χ2v) is 7.82. The Bertz CT molecular complexity index is 976. The summed E-state index contributed by atoms with van der Waals surface area (Å²) in [6.07, 6.45) is 1.46. The number of aliphatic hydroxyl groups is 1. The topological polar surface area (TPSA) is 83.2 Å². The first-order chi connectivity index (χ1) is 14.8. The number of furan rings is 1. The van der Waals surface area contributed by atoms with E-state index in [0.717, 1.165) is 13.1 Å². The van der Waals surface area contributed by atoms with Crippen molar-refractivity contribution in [2.45, 2.75) is 19.9 Å². The summed E-state index contributed by atoms with van der Waals surface area (Å²) < 4.78 is 10.7. The maximum atomic E-state index is 13.0. The number of hydrogen-bond acceptors (Lipinski definition) is 6. The molecule has 0 radical (unpaired) electrons. The smallest absolute Gasteiger partial charge is 0.295 e. The minimum absolute atomic E-state index is 0.0724. The summed E-state index contributed by atoms with van der Waals surface area (Å²) in [5, 5.41) is 11.4. The first-order valence-electron chi connectivity index (χ1n) is 9.91. The third kappa shape index (κ3) is 4.44. The van der Waals surface area contributed by atoms with Gasteiger partial charge in [0.1, 0.15) is 17.6 Å². The fraction of sp³-hybridized carbons (Fsp3) is 0.364. The van der Waals surface area contributed by atoms with E-state index in [1.54, 1.807) is 12.1 Å². The van der Waals surface area contributed by atoms with Crippen molar-refractivity contribution >= 4 is 40.7 Å². The Kier molecular flexibility index (Phi) is 7.30. The highest BCUT2D eigenvalue weighted by Crippen LogP contribution is 2.41. The minimum Gasteiger partial charge on any atom is -0.507 e. The zero-order chi connectivity index (χ0) is 22.7. The lowest BCUT2D eigenvalue weighted by Crippen LogP contribution is -2.37.